The number of anilines is 2. The van der Waals surface area contributed by atoms with E-state index in [4.69, 9.17) is 11.5 Å². The molecule has 0 spiro atoms. The van der Waals surface area contributed by atoms with Crippen molar-refractivity contribution in [2.75, 3.05) is 11.5 Å². The Morgan fingerprint density at radius 2 is 1.69 bits per heavy atom. The molecule has 0 fully saturated rings. The molecule has 6 nitrogen and oxygen atoms in total. The highest BCUT2D eigenvalue weighted by Gasteiger charge is 2.10. The van der Waals surface area contributed by atoms with Crippen molar-refractivity contribution in [2.45, 2.75) is 0 Å². The van der Waals surface area contributed by atoms with Gasteiger partial charge in [-0.15, -0.1) is 0 Å². The predicted octanol–water partition coefficient (Wildman–Crippen LogP) is 0.548. The summed E-state index contributed by atoms with van der Waals surface area (Å²) >= 11 is 0. The fourth-order valence-corrected chi connectivity index (χ4v) is 1.22. The maximum absolute atomic E-state index is 13.0. The first-order valence-electron chi connectivity index (χ1n) is 4.32. The lowest BCUT2D eigenvalue weighted by Gasteiger charge is -2.04. The molecule has 0 aliphatic heterocycles. The highest BCUT2D eigenvalue weighted by atomic mass is 19.1. The summed E-state index contributed by atoms with van der Waals surface area (Å²) in [6.45, 7) is 0. The smallest absolute Gasteiger partial charge is 0.225 e. The van der Waals surface area contributed by atoms with Crippen LogP contribution in [0.1, 0.15) is 0 Å². The van der Waals surface area contributed by atoms with Gasteiger partial charge in [-0.25, -0.2) is 4.39 Å². The predicted molar refractivity (Wildman–Crippen MR) is 55.7 cm³/mol. The average Bonchev–Trinajstić information content (AvgIpc) is 2.20. The third-order valence-corrected chi connectivity index (χ3v) is 1.87. The highest BCUT2D eigenvalue weighted by molar-refractivity contribution is 5.64. The van der Waals surface area contributed by atoms with Crippen molar-refractivity contribution in [2.24, 2.45) is 0 Å². The molecule has 1 heterocycles. The van der Waals surface area contributed by atoms with Crippen LogP contribution in [0.2, 0.25) is 0 Å². The van der Waals surface area contributed by atoms with Crippen molar-refractivity contribution in [3.8, 4) is 17.1 Å². The number of benzene rings is 1. The number of phenolic OH excluding ortho intramolecular Hbond substituents is 1. The van der Waals surface area contributed by atoms with Crippen LogP contribution in [0.25, 0.3) is 11.4 Å². The number of aromatic hydroxyl groups is 1. The van der Waals surface area contributed by atoms with Gasteiger partial charge in [0.05, 0.1) is 5.56 Å². The van der Waals surface area contributed by atoms with E-state index in [0.717, 1.165) is 12.1 Å². The molecule has 0 saturated carbocycles. The Hall–Kier alpha value is -2.44. The average molecular weight is 221 g/mol. The zero-order valence-corrected chi connectivity index (χ0v) is 8.05. The van der Waals surface area contributed by atoms with Crippen molar-refractivity contribution in [1.82, 2.24) is 15.0 Å². The molecular formula is C9H8FN5O. The second-order valence-corrected chi connectivity index (χ2v) is 3.04. The minimum Gasteiger partial charge on any atom is -0.507 e. The molecule has 5 N–H and O–H groups in total. The lowest BCUT2D eigenvalue weighted by Crippen LogP contribution is -2.04. The number of nitrogen functional groups attached to an aromatic ring is 2. The Kier molecular flexibility index (Phi) is 2.28. The summed E-state index contributed by atoms with van der Waals surface area (Å²) in [5.41, 5.74) is 10.8. The van der Waals surface area contributed by atoms with Gasteiger partial charge < -0.3 is 16.6 Å². The zero-order chi connectivity index (χ0) is 11.7. The van der Waals surface area contributed by atoms with E-state index in [1.54, 1.807) is 0 Å². The van der Waals surface area contributed by atoms with Crippen LogP contribution in [0.5, 0.6) is 5.75 Å². The Balaban J connectivity index is 2.62. The number of hydrogen-bond acceptors (Lipinski definition) is 6. The molecule has 0 saturated heterocycles. The first-order valence-corrected chi connectivity index (χ1v) is 4.32. The van der Waals surface area contributed by atoms with Gasteiger partial charge in [0, 0.05) is 0 Å². The number of nitrogens with zero attached hydrogens (tertiary/aromatic N) is 3. The molecule has 82 valence electrons. The van der Waals surface area contributed by atoms with Gasteiger partial charge in [0.15, 0.2) is 5.82 Å². The van der Waals surface area contributed by atoms with E-state index in [-0.39, 0.29) is 29.0 Å². The van der Waals surface area contributed by atoms with Crippen LogP contribution < -0.4 is 11.5 Å². The summed E-state index contributed by atoms with van der Waals surface area (Å²) in [5, 5.41) is 9.52. The molecule has 7 heteroatoms. The van der Waals surface area contributed by atoms with Crippen LogP contribution in [0, 0.1) is 5.82 Å². The summed E-state index contributed by atoms with van der Waals surface area (Å²) in [5.74, 6) is -0.837. The van der Waals surface area contributed by atoms with Crippen molar-refractivity contribution in [3.63, 3.8) is 0 Å². The first-order chi connectivity index (χ1) is 7.56. The van der Waals surface area contributed by atoms with Crippen LogP contribution in [0.3, 0.4) is 0 Å². The van der Waals surface area contributed by atoms with E-state index >= 15 is 0 Å². The van der Waals surface area contributed by atoms with E-state index < -0.39 is 5.82 Å². The molecule has 2 rings (SSSR count). The molecule has 0 aliphatic rings. The molecular weight excluding hydrogens is 213 g/mol. The molecule has 16 heavy (non-hydrogen) atoms. The first kappa shape index (κ1) is 10.1. The number of hydrogen-bond donors (Lipinski definition) is 3. The van der Waals surface area contributed by atoms with E-state index in [9.17, 15) is 9.50 Å². The number of rotatable bonds is 1. The minimum atomic E-state index is -0.523. The molecule has 0 bridgehead atoms. The van der Waals surface area contributed by atoms with Gasteiger partial charge in [-0.05, 0) is 18.2 Å². The third kappa shape index (κ3) is 1.83. The fourth-order valence-electron chi connectivity index (χ4n) is 1.22. The lowest BCUT2D eigenvalue weighted by molar-refractivity contribution is 0.474. The maximum Gasteiger partial charge on any atom is 0.225 e. The molecule has 0 atom stereocenters. The van der Waals surface area contributed by atoms with Crippen LogP contribution >= 0.6 is 0 Å². The summed E-state index contributed by atoms with van der Waals surface area (Å²) in [6, 6.07) is 3.40. The van der Waals surface area contributed by atoms with Crippen LogP contribution in [0.4, 0.5) is 16.3 Å². The van der Waals surface area contributed by atoms with Gasteiger partial charge in [-0.1, -0.05) is 0 Å². The quantitative estimate of drug-likeness (QED) is 0.648. The maximum atomic E-state index is 13.0. The summed E-state index contributed by atoms with van der Waals surface area (Å²) in [4.78, 5) is 11.1. The van der Waals surface area contributed by atoms with Crippen LogP contribution in [-0.4, -0.2) is 20.1 Å². The SMILES string of the molecule is Nc1nc(N)nc(-c2cc(F)ccc2O)n1. The van der Waals surface area contributed by atoms with Crippen molar-refractivity contribution >= 4 is 11.9 Å². The molecule has 0 aliphatic carbocycles. The van der Waals surface area contributed by atoms with E-state index in [2.05, 4.69) is 15.0 Å². The van der Waals surface area contributed by atoms with E-state index in [1.165, 1.54) is 6.07 Å². The topological polar surface area (TPSA) is 111 Å². The second-order valence-electron chi connectivity index (χ2n) is 3.04. The summed E-state index contributed by atoms with van der Waals surface area (Å²) in [7, 11) is 0. The van der Waals surface area contributed by atoms with Gasteiger partial charge in [0.25, 0.3) is 0 Å². The van der Waals surface area contributed by atoms with Crippen molar-refractivity contribution < 1.29 is 9.50 Å². The van der Waals surface area contributed by atoms with Gasteiger partial charge in [0.2, 0.25) is 11.9 Å². The number of nitrogens with two attached hydrogens (primary N) is 2. The lowest BCUT2D eigenvalue weighted by atomic mass is 10.2. The summed E-state index contributed by atoms with van der Waals surface area (Å²) in [6.07, 6.45) is 0. The van der Waals surface area contributed by atoms with Gasteiger partial charge in [0.1, 0.15) is 11.6 Å². The van der Waals surface area contributed by atoms with Crippen LogP contribution in [0.15, 0.2) is 18.2 Å². The Morgan fingerprint density at radius 3 is 2.31 bits per heavy atom. The number of aromatic nitrogens is 3. The molecule has 0 unspecified atom stereocenters. The van der Waals surface area contributed by atoms with E-state index in [0.29, 0.717) is 0 Å². The molecule has 0 radical (unpaired) electrons. The molecule has 0 amide bonds. The Bertz CT molecular complexity index is 525. The number of phenols is 1. The van der Waals surface area contributed by atoms with E-state index in [1.807, 2.05) is 0 Å². The largest absolute Gasteiger partial charge is 0.507 e. The van der Waals surface area contributed by atoms with Gasteiger partial charge in [-0.2, -0.15) is 15.0 Å². The molecule has 1 aromatic heterocycles. The van der Waals surface area contributed by atoms with Crippen molar-refractivity contribution in [3.05, 3.63) is 24.0 Å². The minimum absolute atomic E-state index is 0.0296. The Labute approximate surface area is 89.8 Å². The third-order valence-electron chi connectivity index (χ3n) is 1.87. The molecule has 1 aromatic carbocycles. The van der Waals surface area contributed by atoms with Crippen LogP contribution in [-0.2, 0) is 0 Å². The fraction of sp³-hybridized carbons (Fsp3) is 0. The monoisotopic (exact) mass is 221 g/mol. The normalized spacial score (nSPS) is 10.3. The van der Waals surface area contributed by atoms with Gasteiger partial charge >= 0.3 is 0 Å². The van der Waals surface area contributed by atoms with Crippen molar-refractivity contribution in [1.29, 1.82) is 0 Å². The highest BCUT2D eigenvalue weighted by Crippen LogP contribution is 2.27. The zero-order valence-electron chi connectivity index (χ0n) is 8.05. The summed E-state index contributed by atoms with van der Waals surface area (Å²) < 4.78 is 13.0. The number of halogens is 1. The molecule has 2 aromatic rings. The Morgan fingerprint density at radius 1 is 1.06 bits per heavy atom. The van der Waals surface area contributed by atoms with Gasteiger partial charge in [-0.3, -0.25) is 0 Å². The second kappa shape index (κ2) is 3.61. The standard InChI is InChI=1S/C9H8FN5O/c10-4-1-2-6(16)5(3-4)7-13-8(11)15-9(12)14-7/h1-3,16H,(H4,11,12,13,14,15).